The molecule has 2 fully saturated rings. The van der Waals surface area contributed by atoms with E-state index in [4.69, 9.17) is 0 Å². The fraction of sp³-hybridized carbons (Fsp3) is 1.00. The Bertz CT molecular complexity index is 171. The summed E-state index contributed by atoms with van der Waals surface area (Å²) in [5.74, 6) is 0.947. The van der Waals surface area contributed by atoms with Crippen LogP contribution in [0.2, 0.25) is 0 Å². The Morgan fingerprint density at radius 1 is 1.31 bits per heavy atom. The van der Waals surface area contributed by atoms with Crippen LogP contribution in [-0.4, -0.2) is 37.1 Å². The van der Waals surface area contributed by atoms with Crippen LogP contribution < -0.4 is 5.32 Å². The number of nitrogens with zero attached hydrogens (tertiary/aromatic N) is 1. The topological polar surface area (TPSA) is 15.3 Å². The van der Waals surface area contributed by atoms with Crippen molar-refractivity contribution >= 4 is 0 Å². The van der Waals surface area contributed by atoms with Crippen molar-refractivity contribution in [3.63, 3.8) is 0 Å². The molecule has 0 saturated carbocycles. The summed E-state index contributed by atoms with van der Waals surface area (Å²) >= 11 is 0. The number of rotatable bonds is 1. The fourth-order valence-electron chi connectivity index (χ4n) is 2.74. The normalized spacial score (nSPS) is 35.3. The number of hydrogen-bond donors (Lipinski definition) is 1. The van der Waals surface area contributed by atoms with Gasteiger partial charge in [-0.15, -0.1) is 0 Å². The molecule has 0 radical (unpaired) electrons. The Hall–Kier alpha value is -0.0800. The third-order valence-corrected chi connectivity index (χ3v) is 3.14. The van der Waals surface area contributed by atoms with Crippen molar-refractivity contribution in [3.8, 4) is 0 Å². The van der Waals surface area contributed by atoms with Gasteiger partial charge in [0.05, 0.1) is 0 Å². The van der Waals surface area contributed by atoms with Gasteiger partial charge in [0.15, 0.2) is 0 Å². The minimum Gasteiger partial charge on any atom is -0.312 e. The summed E-state index contributed by atoms with van der Waals surface area (Å²) in [6, 6.07) is 0.808. The second kappa shape index (κ2) is 3.25. The Kier molecular flexibility index (Phi) is 2.37. The van der Waals surface area contributed by atoms with E-state index >= 15 is 0 Å². The average molecular weight is 182 g/mol. The molecular weight excluding hydrogens is 160 g/mol. The summed E-state index contributed by atoms with van der Waals surface area (Å²) in [7, 11) is 0. The van der Waals surface area contributed by atoms with Crippen LogP contribution in [0, 0.1) is 11.3 Å². The molecule has 2 nitrogen and oxygen atoms in total. The second-order valence-corrected chi connectivity index (χ2v) is 5.86. The molecule has 2 saturated heterocycles. The lowest BCUT2D eigenvalue weighted by atomic mass is 9.96. The molecule has 0 aliphatic carbocycles. The van der Waals surface area contributed by atoms with E-state index in [1.807, 2.05) is 0 Å². The van der Waals surface area contributed by atoms with E-state index < -0.39 is 0 Å². The van der Waals surface area contributed by atoms with Gasteiger partial charge in [0.25, 0.3) is 0 Å². The van der Waals surface area contributed by atoms with Gasteiger partial charge < -0.3 is 10.2 Å². The Morgan fingerprint density at radius 2 is 2.08 bits per heavy atom. The molecule has 13 heavy (non-hydrogen) atoms. The van der Waals surface area contributed by atoms with Crippen molar-refractivity contribution in [1.82, 2.24) is 10.2 Å². The molecule has 0 aromatic rings. The molecule has 0 aromatic carbocycles. The standard InChI is InChI=1S/C11H22N2/c1-11(2,3)8-13-6-9-4-5-12-10(9)7-13/h9-10,12H,4-8H2,1-3H3. The maximum absolute atomic E-state index is 3.59. The monoisotopic (exact) mass is 182 g/mol. The van der Waals surface area contributed by atoms with Crippen LogP contribution in [0.4, 0.5) is 0 Å². The fourth-order valence-corrected chi connectivity index (χ4v) is 2.74. The second-order valence-electron chi connectivity index (χ2n) is 5.86. The lowest BCUT2D eigenvalue weighted by Gasteiger charge is -2.26. The molecule has 76 valence electrons. The molecule has 2 rings (SSSR count). The number of nitrogens with one attached hydrogen (secondary N) is 1. The smallest absolute Gasteiger partial charge is 0.0235 e. The van der Waals surface area contributed by atoms with Gasteiger partial charge in [0.1, 0.15) is 0 Å². The average Bonchev–Trinajstić information content (AvgIpc) is 2.40. The van der Waals surface area contributed by atoms with E-state index in [0.717, 1.165) is 12.0 Å². The lowest BCUT2D eigenvalue weighted by molar-refractivity contribution is 0.216. The van der Waals surface area contributed by atoms with Crippen LogP contribution >= 0.6 is 0 Å². The van der Waals surface area contributed by atoms with Crippen molar-refractivity contribution in [2.24, 2.45) is 11.3 Å². The zero-order valence-electron chi connectivity index (χ0n) is 9.14. The first-order valence-corrected chi connectivity index (χ1v) is 5.50. The van der Waals surface area contributed by atoms with Gasteiger partial charge in [-0.1, -0.05) is 20.8 Å². The first-order chi connectivity index (χ1) is 6.04. The summed E-state index contributed by atoms with van der Waals surface area (Å²) < 4.78 is 0. The highest BCUT2D eigenvalue weighted by atomic mass is 15.2. The van der Waals surface area contributed by atoms with Crippen molar-refractivity contribution in [2.45, 2.75) is 33.2 Å². The molecule has 2 atom stereocenters. The summed E-state index contributed by atoms with van der Waals surface area (Å²) in [5.41, 5.74) is 0.457. The molecular formula is C11H22N2. The predicted molar refractivity (Wildman–Crippen MR) is 55.8 cm³/mol. The highest BCUT2D eigenvalue weighted by Crippen LogP contribution is 2.27. The first-order valence-electron chi connectivity index (χ1n) is 5.50. The summed E-state index contributed by atoms with van der Waals surface area (Å²) in [6.07, 6.45) is 1.39. The van der Waals surface area contributed by atoms with Gasteiger partial charge in [-0.25, -0.2) is 0 Å². The highest BCUT2D eigenvalue weighted by Gasteiger charge is 2.36. The molecule has 0 spiro atoms. The van der Waals surface area contributed by atoms with Crippen molar-refractivity contribution < 1.29 is 0 Å². The lowest BCUT2D eigenvalue weighted by Crippen LogP contribution is -2.34. The summed E-state index contributed by atoms with van der Waals surface area (Å²) in [6.45, 7) is 12.1. The van der Waals surface area contributed by atoms with Crippen molar-refractivity contribution in [1.29, 1.82) is 0 Å². The van der Waals surface area contributed by atoms with Crippen molar-refractivity contribution in [2.75, 3.05) is 26.2 Å². The van der Waals surface area contributed by atoms with Crippen LogP contribution in [0.3, 0.4) is 0 Å². The largest absolute Gasteiger partial charge is 0.312 e. The van der Waals surface area contributed by atoms with Gasteiger partial charge >= 0.3 is 0 Å². The molecule has 2 heterocycles. The van der Waals surface area contributed by atoms with Gasteiger partial charge in [-0.2, -0.15) is 0 Å². The molecule has 2 heteroatoms. The maximum atomic E-state index is 3.59. The Morgan fingerprint density at radius 3 is 2.69 bits per heavy atom. The van der Waals surface area contributed by atoms with Crippen molar-refractivity contribution in [3.05, 3.63) is 0 Å². The van der Waals surface area contributed by atoms with Gasteiger partial charge in [0.2, 0.25) is 0 Å². The van der Waals surface area contributed by atoms with E-state index in [9.17, 15) is 0 Å². The number of hydrogen-bond acceptors (Lipinski definition) is 2. The van der Waals surface area contributed by atoms with E-state index in [2.05, 4.69) is 31.0 Å². The van der Waals surface area contributed by atoms with Gasteiger partial charge in [0, 0.05) is 25.7 Å². The van der Waals surface area contributed by atoms with Crippen LogP contribution in [-0.2, 0) is 0 Å². The van der Waals surface area contributed by atoms with Crippen LogP contribution in [0.1, 0.15) is 27.2 Å². The molecule has 0 bridgehead atoms. The van der Waals surface area contributed by atoms with Gasteiger partial charge in [-0.05, 0) is 24.3 Å². The summed E-state index contributed by atoms with van der Waals surface area (Å²) in [5, 5.41) is 3.59. The van der Waals surface area contributed by atoms with E-state index in [1.54, 1.807) is 0 Å². The summed E-state index contributed by atoms with van der Waals surface area (Å²) in [4.78, 5) is 2.63. The van der Waals surface area contributed by atoms with E-state index in [1.165, 1.54) is 32.6 Å². The zero-order chi connectivity index (χ0) is 9.47. The van der Waals surface area contributed by atoms with Crippen LogP contribution in [0.25, 0.3) is 0 Å². The zero-order valence-corrected chi connectivity index (χ0v) is 9.14. The van der Waals surface area contributed by atoms with Crippen LogP contribution in [0.5, 0.6) is 0 Å². The molecule has 2 aliphatic heterocycles. The maximum Gasteiger partial charge on any atom is 0.0235 e. The molecule has 2 unspecified atom stereocenters. The molecule has 1 N–H and O–H groups in total. The quantitative estimate of drug-likeness (QED) is 0.658. The van der Waals surface area contributed by atoms with E-state index in [-0.39, 0.29) is 0 Å². The Balaban J connectivity index is 1.85. The number of likely N-dealkylation sites (tertiary alicyclic amines) is 1. The predicted octanol–water partition coefficient (Wildman–Crippen LogP) is 1.33. The third-order valence-electron chi connectivity index (χ3n) is 3.14. The molecule has 0 aromatic heterocycles. The van der Waals surface area contributed by atoms with Gasteiger partial charge in [-0.3, -0.25) is 0 Å². The molecule has 0 amide bonds. The minimum atomic E-state index is 0.457. The Labute approximate surface area is 81.7 Å². The number of fused-ring (bicyclic) bond motifs is 1. The highest BCUT2D eigenvalue weighted by molar-refractivity contribution is 4.94. The SMILES string of the molecule is CC(C)(C)CN1CC2CCNC2C1. The molecule has 2 aliphatic rings. The first kappa shape index (κ1) is 9.47. The van der Waals surface area contributed by atoms with E-state index in [0.29, 0.717) is 5.41 Å². The van der Waals surface area contributed by atoms with Crippen LogP contribution in [0.15, 0.2) is 0 Å². The third kappa shape index (κ3) is 2.23. The minimum absolute atomic E-state index is 0.457.